The molecule has 2 rings (SSSR count). The first kappa shape index (κ1) is 12.1. The fourth-order valence-electron chi connectivity index (χ4n) is 2.39. The van der Waals surface area contributed by atoms with Crippen LogP contribution in [0.1, 0.15) is 44.6 Å². The van der Waals surface area contributed by atoms with E-state index in [2.05, 4.69) is 29.1 Å². The van der Waals surface area contributed by atoms with Crippen molar-refractivity contribution < 1.29 is 0 Å². The molecule has 1 aliphatic rings. The van der Waals surface area contributed by atoms with Gasteiger partial charge in [-0.25, -0.2) is 0 Å². The zero-order chi connectivity index (χ0) is 11.2. The lowest BCUT2D eigenvalue weighted by Gasteiger charge is -2.16. The molecular weight excluding hydrogens is 214 g/mol. The summed E-state index contributed by atoms with van der Waals surface area (Å²) in [7, 11) is 0. The van der Waals surface area contributed by atoms with Crippen molar-refractivity contribution in [3.63, 3.8) is 0 Å². The molecule has 1 heterocycles. The number of unbranched alkanes of at least 4 members (excludes halogenated alkanes) is 1. The first-order valence-corrected chi connectivity index (χ1v) is 7.59. The van der Waals surface area contributed by atoms with E-state index in [-0.39, 0.29) is 0 Å². The Balaban J connectivity index is 1.59. The van der Waals surface area contributed by atoms with Crippen LogP contribution in [0.3, 0.4) is 0 Å². The topological polar surface area (TPSA) is 12.0 Å². The van der Waals surface area contributed by atoms with E-state index in [1.165, 1.54) is 44.1 Å². The van der Waals surface area contributed by atoms with Gasteiger partial charge in [0, 0.05) is 6.04 Å². The highest BCUT2D eigenvalue weighted by Gasteiger charge is 2.29. The van der Waals surface area contributed by atoms with Crippen molar-refractivity contribution >= 4 is 11.3 Å². The smallest absolute Gasteiger partial charge is 0.00952 e. The summed E-state index contributed by atoms with van der Waals surface area (Å²) >= 11 is 1.81. The van der Waals surface area contributed by atoms with Gasteiger partial charge in [0.2, 0.25) is 0 Å². The highest BCUT2D eigenvalue weighted by molar-refractivity contribution is 7.07. The van der Waals surface area contributed by atoms with Crippen molar-refractivity contribution in [3.8, 4) is 0 Å². The standard InChI is InChI=1S/C14H23NS/c1-2-15-14(13-7-8-13)6-4-3-5-12-9-10-16-11-12/h9-11,13-15H,2-8H2,1H3. The molecule has 0 aliphatic heterocycles. The molecule has 0 amide bonds. The van der Waals surface area contributed by atoms with E-state index in [0.29, 0.717) is 0 Å². The summed E-state index contributed by atoms with van der Waals surface area (Å²) in [4.78, 5) is 0. The predicted octanol–water partition coefficient (Wildman–Crippen LogP) is 3.85. The number of aryl methyl sites for hydroxylation is 1. The van der Waals surface area contributed by atoms with Gasteiger partial charge < -0.3 is 5.32 Å². The third-order valence-electron chi connectivity index (χ3n) is 3.47. The Bertz CT molecular complexity index is 277. The Hall–Kier alpha value is -0.340. The fraction of sp³-hybridized carbons (Fsp3) is 0.714. The molecule has 1 fully saturated rings. The Kier molecular flexibility index (Phi) is 4.86. The summed E-state index contributed by atoms with van der Waals surface area (Å²) in [6.07, 6.45) is 8.30. The normalized spacial score (nSPS) is 17.6. The molecule has 0 spiro atoms. The van der Waals surface area contributed by atoms with E-state index in [1.54, 1.807) is 0 Å². The lowest BCUT2D eigenvalue weighted by Crippen LogP contribution is -2.30. The summed E-state index contributed by atoms with van der Waals surface area (Å²) in [5.74, 6) is 1.00. The maximum atomic E-state index is 3.64. The summed E-state index contributed by atoms with van der Waals surface area (Å²) < 4.78 is 0. The average Bonchev–Trinajstić information content (AvgIpc) is 3.01. The zero-order valence-corrected chi connectivity index (χ0v) is 11.1. The Morgan fingerprint density at radius 1 is 1.44 bits per heavy atom. The van der Waals surface area contributed by atoms with Crippen molar-refractivity contribution in [1.82, 2.24) is 5.32 Å². The van der Waals surface area contributed by atoms with Crippen LogP contribution in [0.4, 0.5) is 0 Å². The largest absolute Gasteiger partial charge is 0.314 e. The monoisotopic (exact) mass is 237 g/mol. The maximum absolute atomic E-state index is 3.64. The van der Waals surface area contributed by atoms with Crippen LogP contribution >= 0.6 is 11.3 Å². The molecular formula is C14H23NS. The molecule has 1 aromatic rings. The summed E-state index contributed by atoms with van der Waals surface area (Å²) in [6.45, 7) is 3.35. The second-order valence-electron chi connectivity index (χ2n) is 4.88. The third-order valence-corrected chi connectivity index (χ3v) is 4.20. The zero-order valence-electron chi connectivity index (χ0n) is 10.2. The molecule has 1 nitrogen and oxygen atoms in total. The van der Waals surface area contributed by atoms with Crippen LogP contribution in [-0.4, -0.2) is 12.6 Å². The van der Waals surface area contributed by atoms with Crippen LogP contribution in [0, 0.1) is 5.92 Å². The van der Waals surface area contributed by atoms with E-state index < -0.39 is 0 Å². The molecule has 16 heavy (non-hydrogen) atoms. The lowest BCUT2D eigenvalue weighted by molar-refractivity contribution is 0.428. The van der Waals surface area contributed by atoms with Crippen molar-refractivity contribution in [2.75, 3.05) is 6.54 Å². The minimum Gasteiger partial charge on any atom is -0.314 e. The third kappa shape index (κ3) is 3.91. The second-order valence-corrected chi connectivity index (χ2v) is 5.66. The molecule has 0 saturated heterocycles. The SMILES string of the molecule is CCNC(CCCCc1ccsc1)C1CC1. The molecule has 0 radical (unpaired) electrons. The van der Waals surface area contributed by atoms with Crippen LogP contribution in [0.25, 0.3) is 0 Å². The first-order valence-electron chi connectivity index (χ1n) is 6.64. The van der Waals surface area contributed by atoms with E-state index in [1.807, 2.05) is 11.3 Å². The summed E-state index contributed by atoms with van der Waals surface area (Å²) in [5, 5.41) is 8.10. The van der Waals surface area contributed by atoms with Gasteiger partial charge >= 0.3 is 0 Å². The van der Waals surface area contributed by atoms with Crippen LogP contribution < -0.4 is 5.32 Å². The Morgan fingerprint density at radius 2 is 2.31 bits per heavy atom. The van der Waals surface area contributed by atoms with Crippen molar-refractivity contribution in [3.05, 3.63) is 22.4 Å². The van der Waals surface area contributed by atoms with Gasteiger partial charge in [-0.3, -0.25) is 0 Å². The van der Waals surface area contributed by atoms with Gasteiger partial charge in [-0.1, -0.05) is 13.3 Å². The molecule has 1 N–H and O–H groups in total. The minimum atomic E-state index is 0.812. The predicted molar refractivity (Wildman–Crippen MR) is 72.1 cm³/mol. The molecule has 1 unspecified atom stereocenters. The van der Waals surface area contributed by atoms with Gasteiger partial charge in [0.15, 0.2) is 0 Å². The molecule has 1 aromatic heterocycles. The highest BCUT2D eigenvalue weighted by atomic mass is 32.1. The van der Waals surface area contributed by atoms with Crippen LogP contribution in [0.15, 0.2) is 16.8 Å². The van der Waals surface area contributed by atoms with Crippen LogP contribution in [-0.2, 0) is 6.42 Å². The van der Waals surface area contributed by atoms with Crippen molar-refractivity contribution in [2.24, 2.45) is 5.92 Å². The Morgan fingerprint density at radius 3 is 2.94 bits per heavy atom. The molecule has 0 bridgehead atoms. The number of hydrogen-bond donors (Lipinski definition) is 1. The van der Waals surface area contributed by atoms with Gasteiger partial charge in [-0.15, -0.1) is 0 Å². The molecule has 1 saturated carbocycles. The van der Waals surface area contributed by atoms with Gasteiger partial charge in [-0.05, 0) is 67.0 Å². The highest BCUT2D eigenvalue weighted by Crippen LogP contribution is 2.34. The van der Waals surface area contributed by atoms with Gasteiger partial charge in [-0.2, -0.15) is 11.3 Å². The lowest BCUT2D eigenvalue weighted by atomic mass is 10.0. The van der Waals surface area contributed by atoms with E-state index in [9.17, 15) is 0 Å². The van der Waals surface area contributed by atoms with Gasteiger partial charge in [0.1, 0.15) is 0 Å². The molecule has 1 atom stereocenters. The molecule has 0 aromatic carbocycles. The van der Waals surface area contributed by atoms with Gasteiger partial charge in [0.05, 0.1) is 0 Å². The number of nitrogens with one attached hydrogen (secondary N) is 1. The van der Waals surface area contributed by atoms with Gasteiger partial charge in [0.25, 0.3) is 0 Å². The van der Waals surface area contributed by atoms with E-state index in [4.69, 9.17) is 0 Å². The number of thiophene rings is 1. The van der Waals surface area contributed by atoms with Crippen LogP contribution in [0.2, 0.25) is 0 Å². The second kappa shape index (κ2) is 6.41. The number of hydrogen-bond acceptors (Lipinski definition) is 2. The maximum Gasteiger partial charge on any atom is 0.00952 e. The van der Waals surface area contributed by atoms with Crippen molar-refractivity contribution in [1.29, 1.82) is 0 Å². The van der Waals surface area contributed by atoms with Crippen molar-refractivity contribution in [2.45, 2.75) is 51.5 Å². The Labute approximate surface area is 103 Å². The molecule has 1 aliphatic carbocycles. The number of rotatable bonds is 8. The summed E-state index contributed by atoms with van der Waals surface area (Å²) in [5.41, 5.74) is 1.52. The summed E-state index contributed by atoms with van der Waals surface area (Å²) in [6, 6.07) is 3.07. The average molecular weight is 237 g/mol. The minimum absolute atomic E-state index is 0.812. The molecule has 90 valence electrons. The van der Waals surface area contributed by atoms with Crippen LogP contribution in [0.5, 0.6) is 0 Å². The molecule has 2 heteroatoms. The van der Waals surface area contributed by atoms with E-state index in [0.717, 1.165) is 18.5 Å². The van der Waals surface area contributed by atoms with E-state index >= 15 is 0 Å². The first-order chi connectivity index (χ1) is 7.90. The quantitative estimate of drug-likeness (QED) is 0.677. The fourth-order valence-corrected chi connectivity index (χ4v) is 3.10.